The maximum atomic E-state index is 5.72. The van der Waals surface area contributed by atoms with Crippen LogP contribution in [0, 0.1) is 6.92 Å². The predicted octanol–water partition coefficient (Wildman–Crippen LogP) is 2.78. The van der Waals surface area contributed by atoms with Crippen LogP contribution in [0.25, 0.3) is 0 Å². The van der Waals surface area contributed by atoms with Crippen molar-refractivity contribution in [3.8, 4) is 5.75 Å². The van der Waals surface area contributed by atoms with Crippen LogP contribution >= 0.6 is 11.3 Å². The third-order valence-electron chi connectivity index (χ3n) is 3.55. The van der Waals surface area contributed by atoms with E-state index < -0.39 is 0 Å². The maximum absolute atomic E-state index is 5.72. The molecule has 6 nitrogen and oxygen atoms in total. The van der Waals surface area contributed by atoms with Crippen molar-refractivity contribution < 1.29 is 4.74 Å². The number of aliphatic imine (C=N–C) groups is 1. The highest BCUT2D eigenvalue weighted by atomic mass is 32.1. The number of aryl methyl sites for hydroxylation is 1. The minimum absolute atomic E-state index is 0.635. The minimum Gasteiger partial charge on any atom is -0.494 e. The third-order valence-corrected chi connectivity index (χ3v) is 4.61. The van der Waals surface area contributed by atoms with Crippen molar-refractivity contribution in [2.45, 2.75) is 26.9 Å². The Kier molecular flexibility index (Phi) is 7.06. The molecule has 0 aliphatic carbocycles. The molecule has 1 aromatic heterocycles. The fourth-order valence-corrected chi connectivity index (χ4v) is 3.01. The van der Waals surface area contributed by atoms with Crippen molar-refractivity contribution in [1.82, 2.24) is 15.6 Å². The molecule has 0 saturated carbocycles. The van der Waals surface area contributed by atoms with E-state index in [0.717, 1.165) is 28.1 Å². The Morgan fingerprint density at radius 2 is 2.04 bits per heavy atom. The topological polar surface area (TPSA) is 61.8 Å². The van der Waals surface area contributed by atoms with Crippen molar-refractivity contribution in [3.63, 3.8) is 0 Å². The van der Waals surface area contributed by atoms with Gasteiger partial charge in [-0.15, -0.1) is 11.3 Å². The molecule has 0 saturated heterocycles. The van der Waals surface area contributed by atoms with E-state index in [1.807, 2.05) is 25.9 Å². The molecule has 0 atom stereocenters. The zero-order valence-electron chi connectivity index (χ0n) is 15.6. The number of ether oxygens (including phenoxy) is 1. The van der Waals surface area contributed by atoms with Gasteiger partial charge in [0, 0.05) is 38.6 Å². The summed E-state index contributed by atoms with van der Waals surface area (Å²) < 4.78 is 5.72. The quantitative estimate of drug-likeness (QED) is 0.587. The van der Waals surface area contributed by atoms with Gasteiger partial charge in [-0.3, -0.25) is 4.99 Å². The van der Waals surface area contributed by atoms with Gasteiger partial charge in [0.05, 0.1) is 18.8 Å². The molecule has 2 aromatic rings. The maximum Gasteiger partial charge on any atom is 0.191 e. The lowest BCUT2D eigenvalue weighted by molar-refractivity contribution is 0.336. The number of thiazole rings is 1. The summed E-state index contributed by atoms with van der Waals surface area (Å²) in [6.07, 6.45) is 0. The van der Waals surface area contributed by atoms with Crippen LogP contribution in [-0.4, -0.2) is 38.7 Å². The monoisotopic (exact) mass is 361 g/mol. The lowest BCUT2D eigenvalue weighted by atomic mass is 10.1. The smallest absolute Gasteiger partial charge is 0.191 e. The SMILES string of the molecule is CCOc1cc(C)ccc1CNC(=NC)NCc1csc(N(C)C)n1. The summed E-state index contributed by atoms with van der Waals surface area (Å²) in [5.41, 5.74) is 3.30. The van der Waals surface area contributed by atoms with Crippen molar-refractivity contribution >= 4 is 22.4 Å². The third kappa shape index (κ3) is 5.63. The summed E-state index contributed by atoms with van der Waals surface area (Å²) in [4.78, 5) is 10.8. The van der Waals surface area contributed by atoms with Crippen LogP contribution in [0.5, 0.6) is 5.75 Å². The Balaban J connectivity index is 1.92. The largest absolute Gasteiger partial charge is 0.494 e. The number of nitrogens with zero attached hydrogens (tertiary/aromatic N) is 3. The van der Waals surface area contributed by atoms with Gasteiger partial charge in [-0.25, -0.2) is 4.98 Å². The Hall–Kier alpha value is -2.28. The molecule has 0 radical (unpaired) electrons. The van der Waals surface area contributed by atoms with Crippen LogP contribution in [0.3, 0.4) is 0 Å². The average Bonchev–Trinajstić information content (AvgIpc) is 3.06. The first-order valence-corrected chi connectivity index (χ1v) is 9.20. The standard InChI is InChI=1S/C18H27N5OS/c1-6-24-16-9-13(2)7-8-14(16)10-20-17(19-3)21-11-15-12-25-18(22-15)23(4)5/h7-9,12H,6,10-11H2,1-5H3,(H2,19,20,21). The summed E-state index contributed by atoms with van der Waals surface area (Å²) in [5, 5.41) is 9.68. The summed E-state index contributed by atoms with van der Waals surface area (Å²) in [5.74, 6) is 1.66. The molecule has 136 valence electrons. The lowest BCUT2D eigenvalue weighted by Crippen LogP contribution is -2.36. The molecule has 25 heavy (non-hydrogen) atoms. The number of aromatic nitrogens is 1. The molecule has 0 aliphatic heterocycles. The van der Waals surface area contributed by atoms with Gasteiger partial charge in [-0.2, -0.15) is 0 Å². The summed E-state index contributed by atoms with van der Waals surface area (Å²) in [6.45, 7) is 6.00. The fraction of sp³-hybridized carbons (Fsp3) is 0.444. The molecule has 1 heterocycles. The fourth-order valence-electron chi connectivity index (χ4n) is 2.25. The van der Waals surface area contributed by atoms with E-state index in [1.165, 1.54) is 5.56 Å². The highest BCUT2D eigenvalue weighted by molar-refractivity contribution is 7.13. The Morgan fingerprint density at radius 1 is 1.28 bits per heavy atom. The summed E-state index contributed by atoms with van der Waals surface area (Å²) in [7, 11) is 5.75. The van der Waals surface area contributed by atoms with Crippen molar-refractivity contribution in [2.24, 2.45) is 4.99 Å². The first-order valence-electron chi connectivity index (χ1n) is 8.32. The minimum atomic E-state index is 0.635. The predicted molar refractivity (Wildman–Crippen MR) is 106 cm³/mol. The molecule has 0 fully saturated rings. The van der Waals surface area contributed by atoms with Gasteiger partial charge in [0.2, 0.25) is 0 Å². The first-order chi connectivity index (χ1) is 12.0. The molecule has 2 rings (SSSR count). The van der Waals surface area contributed by atoms with E-state index in [9.17, 15) is 0 Å². The van der Waals surface area contributed by atoms with Crippen LogP contribution < -0.4 is 20.3 Å². The van der Waals surface area contributed by atoms with E-state index in [2.05, 4.69) is 51.1 Å². The van der Waals surface area contributed by atoms with Gasteiger partial charge in [0.15, 0.2) is 11.1 Å². The van der Waals surface area contributed by atoms with Crippen molar-refractivity contribution in [3.05, 3.63) is 40.4 Å². The van der Waals surface area contributed by atoms with Crippen LogP contribution in [0.1, 0.15) is 23.7 Å². The van der Waals surface area contributed by atoms with Gasteiger partial charge >= 0.3 is 0 Å². The molecular formula is C18H27N5OS. The summed E-state index contributed by atoms with van der Waals surface area (Å²) in [6, 6.07) is 6.24. The molecule has 0 spiro atoms. The van der Waals surface area contributed by atoms with Gasteiger partial charge in [0.1, 0.15) is 5.75 Å². The zero-order chi connectivity index (χ0) is 18.2. The number of rotatable bonds is 7. The molecule has 7 heteroatoms. The number of guanidine groups is 1. The second-order valence-corrected chi connectivity index (χ2v) is 6.68. The van der Waals surface area contributed by atoms with Gasteiger partial charge < -0.3 is 20.3 Å². The Labute approximate surface area is 154 Å². The average molecular weight is 362 g/mol. The Morgan fingerprint density at radius 3 is 2.68 bits per heavy atom. The number of hydrogen-bond donors (Lipinski definition) is 2. The van der Waals surface area contributed by atoms with E-state index in [4.69, 9.17) is 4.74 Å². The summed E-state index contributed by atoms with van der Waals surface area (Å²) >= 11 is 1.63. The molecule has 2 N–H and O–H groups in total. The van der Waals surface area contributed by atoms with Gasteiger partial charge in [-0.1, -0.05) is 12.1 Å². The van der Waals surface area contributed by atoms with E-state index in [-0.39, 0.29) is 0 Å². The molecule has 0 unspecified atom stereocenters. The van der Waals surface area contributed by atoms with Crippen LogP contribution in [0.4, 0.5) is 5.13 Å². The number of anilines is 1. The van der Waals surface area contributed by atoms with Crippen molar-refractivity contribution in [1.29, 1.82) is 0 Å². The van der Waals surface area contributed by atoms with Crippen molar-refractivity contribution in [2.75, 3.05) is 32.6 Å². The second-order valence-electron chi connectivity index (χ2n) is 5.84. The van der Waals surface area contributed by atoms with E-state index in [1.54, 1.807) is 18.4 Å². The van der Waals surface area contributed by atoms with Crippen LogP contribution in [0.15, 0.2) is 28.6 Å². The van der Waals surface area contributed by atoms with E-state index >= 15 is 0 Å². The van der Waals surface area contributed by atoms with Crippen LogP contribution in [-0.2, 0) is 13.1 Å². The highest BCUT2D eigenvalue weighted by Crippen LogP contribution is 2.20. The molecular weight excluding hydrogens is 334 g/mol. The highest BCUT2D eigenvalue weighted by Gasteiger charge is 2.07. The molecule has 0 bridgehead atoms. The normalized spacial score (nSPS) is 11.3. The van der Waals surface area contributed by atoms with Crippen LogP contribution in [0.2, 0.25) is 0 Å². The number of nitrogens with one attached hydrogen (secondary N) is 2. The second kappa shape index (κ2) is 9.27. The molecule has 0 aliphatic rings. The number of benzene rings is 1. The number of hydrogen-bond acceptors (Lipinski definition) is 5. The van der Waals surface area contributed by atoms with Gasteiger partial charge in [-0.05, 0) is 25.5 Å². The lowest BCUT2D eigenvalue weighted by Gasteiger charge is -2.14. The first kappa shape index (κ1) is 19.1. The van der Waals surface area contributed by atoms with Gasteiger partial charge in [0.25, 0.3) is 0 Å². The Bertz CT molecular complexity index is 711. The zero-order valence-corrected chi connectivity index (χ0v) is 16.4. The molecule has 0 amide bonds. The van der Waals surface area contributed by atoms with E-state index in [0.29, 0.717) is 19.7 Å². The molecule has 1 aromatic carbocycles.